The minimum Gasteiger partial charge on any atom is -0.372 e. The molecule has 166 valence electrons. The van der Waals surface area contributed by atoms with Crippen LogP contribution in [0.5, 0.6) is 0 Å². The van der Waals surface area contributed by atoms with Gasteiger partial charge in [0.15, 0.2) is 0 Å². The summed E-state index contributed by atoms with van der Waals surface area (Å²) in [4.78, 5) is 29.5. The summed E-state index contributed by atoms with van der Waals surface area (Å²) in [5, 5.41) is 7.19. The molecule has 1 aromatic carbocycles. The van der Waals surface area contributed by atoms with Crippen molar-refractivity contribution in [2.45, 2.75) is 51.2 Å². The van der Waals surface area contributed by atoms with Gasteiger partial charge in [-0.15, -0.1) is 0 Å². The second-order valence-corrected chi connectivity index (χ2v) is 8.62. The number of rotatable bonds is 4. The largest absolute Gasteiger partial charge is 0.372 e. The molecule has 3 heterocycles. The van der Waals surface area contributed by atoms with Crippen LogP contribution in [0.15, 0.2) is 30.5 Å². The first kappa shape index (κ1) is 21.5. The smallest absolute Gasteiger partial charge is 0.257 e. The standard InChI is InChI=1S/C23H29FN4O3/c1-15-13-28(14-16(2)31-15)23(30)20-12-25-26-22(20)18-7-9-27(10-8-18)21(29)11-17-3-5-19(24)6-4-17/h3-6,12,15-16,18H,7-11,13-14H2,1-2H3,(H,25,26)/t15-,16+. The molecule has 4 rings (SSSR count). The van der Waals surface area contributed by atoms with Gasteiger partial charge in [0.2, 0.25) is 5.91 Å². The molecule has 0 unspecified atom stereocenters. The Morgan fingerprint density at radius 3 is 2.39 bits per heavy atom. The van der Waals surface area contributed by atoms with Crippen LogP contribution < -0.4 is 0 Å². The number of hydrogen-bond donors (Lipinski definition) is 1. The number of benzene rings is 1. The summed E-state index contributed by atoms with van der Waals surface area (Å²) in [6, 6.07) is 6.05. The number of carbonyl (C=O) groups is 2. The van der Waals surface area contributed by atoms with E-state index in [1.54, 1.807) is 18.3 Å². The van der Waals surface area contributed by atoms with Crippen molar-refractivity contribution < 1.29 is 18.7 Å². The average molecular weight is 429 g/mol. The fourth-order valence-electron chi connectivity index (χ4n) is 4.60. The van der Waals surface area contributed by atoms with E-state index >= 15 is 0 Å². The molecule has 2 atom stereocenters. The Balaban J connectivity index is 1.36. The van der Waals surface area contributed by atoms with Crippen molar-refractivity contribution in [1.29, 1.82) is 0 Å². The summed E-state index contributed by atoms with van der Waals surface area (Å²) in [5.41, 5.74) is 2.30. The van der Waals surface area contributed by atoms with E-state index in [4.69, 9.17) is 4.74 Å². The van der Waals surface area contributed by atoms with Gasteiger partial charge in [0.05, 0.1) is 36.1 Å². The summed E-state index contributed by atoms with van der Waals surface area (Å²) in [5.74, 6) is -0.113. The number of likely N-dealkylation sites (tertiary alicyclic amines) is 1. The minimum atomic E-state index is -0.303. The van der Waals surface area contributed by atoms with Gasteiger partial charge in [0, 0.05) is 32.1 Å². The van der Waals surface area contributed by atoms with E-state index in [2.05, 4.69) is 10.2 Å². The lowest BCUT2D eigenvalue weighted by Gasteiger charge is -2.36. The number of H-pyrrole nitrogens is 1. The number of nitrogens with zero attached hydrogens (tertiary/aromatic N) is 3. The van der Waals surface area contributed by atoms with E-state index < -0.39 is 0 Å². The van der Waals surface area contributed by atoms with E-state index in [9.17, 15) is 14.0 Å². The molecule has 2 fully saturated rings. The van der Waals surface area contributed by atoms with Crippen molar-refractivity contribution in [2.24, 2.45) is 0 Å². The number of amides is 2. The number of nitrogens with one attached hydrogen (secondary N) is 1. The van der Waals surface area contributed by atoms with Gasteiger partial charge in [-0.25, -0.2) is 4.39 Å². The zero-order valence-electron chi connectivity index (χ0n) is 18.0. The van der Waals surface area contributed by atoms with Crippen LogP contribution in [0.1, 0.15) is 54.2 Å². The Kier molecular flexibility index (Phi) is 6.36. The molecule has 7 nitrogen and oxygen atoms in total. The van der Waals surface area contributed by atoms with Crippen molar-refractivity contribution in [3.63, 3.8) is 0 Å². The van der Waals surface area contributed by atoms with Crippen LogP contribution in [0.4, 0.5) is 4.39 Å². The fourth-order valence-corrected chi connectivity index (χ4v) is 4.60. The minimum absolute atomic E-state index is 0.0124. The van der Waals surface area contributed by atoms with E-state index in [1.807, 2.05) is 23.6 Å². The number of piperidine rings is 1. The second-order valence-electron chi connectivity index (χ2n) is 8.62. The molecular weight excluding hydrogens is 399 g/mol. The van der Waals surface area contributed by atoms with Crippen LogP contribution in [-0.2, 0) is 16.0 Å². The highest BCUT2D eigenvalue weighted by molar-refractivity contribution is 5.95. The number of halogens is 1. The Labute approximate surface area is 181 Å². The van der Waals surface area contributed by atoms with Gasteiger partial charge in [-0.3, -0.25) is 14.7 Å². The third-order valence-electron chi connectivity index (χ3n) is 6.13. The predicted molar refractivity (Wildman–Crippen MR) is 113 cm³/mol. The third-order valence-corrected chi connectivity index (χ3v) is 6.13. The average Bonchev–Trinajstić information content (AvgIpc) is 3.24. The highest BCUT2D eigenvalue weighted by Crippen LogP contribution is 2.30. The number of hydrogen-bond acceptors (Lipinski definition) is 4. The monoisotopic (exact) mass is 428 g/mol. The summed E-state index contributed by atoms with van der Waals surface area (Å²) < 4.78 is 18.8. The Bertz CT molecular complexity index is 911. The maximum absolute atomic E-state index is 13.1. The first-order valence-electron chi connectivity index (χ1n) is 10.9. The first-order chi connectivity index (χ1) is 14.9. The van der Waals surface area contributed by atoms with Gasteiger partial charge in [-0.1, -0.05) is 12.1 Å². The van der Waals surface area contributed by atoms with Crippen LogP contribution in [0.3, 0.4) is 0 Å². The third kappa shape index (κ3) is 4.95. The SMILES string of the molecule is C[C@@H]1CN(C(=O)c2cn[nH]c2C2CCN(C(=O)Cc3ccc(F)cc3)CC2)C[C@H](C)O1. The van der Waals surface area contributed by atoms with Crippen LogP contribution in [-0.4, -0.2) is 70.2 Å². The van der Waals surface area contributed by atoms with Gasteiger partial charge in [0.1, 0.15) is 5.82 Å². The van der Waals surface area contributed by atoms with E-state index in [0.29, 0.717) is 31.7 Å². The number of aromatic nitrogens is 2. The van der Waals surface area contributed by atoms with Crippen LogP contribution in [0.25, 0.3) is 0 Å². The maximum atomic E-state index is 13.1. The fraction of sp³-hybridized carbons (Fsp3) is 0.522. The van der Waals surface area contributed by atoms with Crippen LogP contribution in [0, 0.1) is 5.82 Å². The van der Waals surface area contributed by atoms with Crippen molar-refractivity contribution in [1.82, 2.24) is 20.0 Å². The lowest BCUT2D eigenvalue weighted by molar-refractivity contribution is -0.131. The Hall–Kier alpha value is -2.74. The topological polar surface area (TPSA) is 78.5 Å². The van der Waals surface area contributed by atoms with Crippen molar-refractivity contribution in [3.05, 3.63) is 53.1 Å². The predicted octanol–water partition coefficient (Wildman–Crippen LogP) is 2.75. The van der Waals surface area contributed by atoms with Gasteiger partial charge in [0.25, 0.3) is 5.91 Å². The van der Waals surface area contributed by atoms with Crippen LogP contribution in [0.2, 0.25) is 0 Å². The van der Waals surface area contributed by atoms with E-state index in [1.165, 1.54) is 12.1 Å². The zero-order valence-corrected chi connectivity index (χ0v) is 18.0. The van der Waals surface area contributed by atoms with Crippen LogP contribution >= 0.6 is 0 Å². The molecule has 31 heavy (non-hydrogen) atoms. The number of carbonyl (C=O) groups excluding carboxylic acids is 2. The lowest BCUT2D eigenvalue weighted by Crippen LogP contribution is -2.48. The molecular formula is C23H29FN4O3. The Morgan fingerprint density at radius 2 is 1.74 bits per heavy atom. The molecule has 0 bridgehead atoms. The van der Waals surface area contributed by atoms with Crippen molar-refractivity contribution >= 4 is 11.8 Å². The number of morpholine rings is 1. The van der Waals surface area contributed by atoms with Gasteiger partial charge in [-0.05, 0) is 44.4 Å². The summed E-state index contributed by atoms with van der Waals surface area (Å²) in [6.07, 6.45) is 3.46. The van der Waals surface area contributed by atoms with E-state index in [-0.39, 0.29) is 42.2 Å². The van der Waals surface area contributed by atoms with E-state index in [0.717, 1.165) is 24.1 Å². The number of aromatic amines is 1. The first-order valence-corrected chi connectivity index (χ1v) is 10.9. The highest BCUT2D eigenvalue weighted by Gasteiger charge is 2.32. The zero-order chi connectivity index (χ0) is 22.0. The molecule has 0 spiro atoms. The molecule has 0 aliphatic carbocycles. The number of ether oxygens (including phenoxy) is 1. The normalized spacial score (nSPS) is 22.5. The molecule has 2 aliphatic heterocycles. The second kappa shape index (κ2) is 9.18. The summed E-state index contributed by atoms with van der Waals surface area (Å²) in [6.45, 7) is 6.36. The van der Waals surface area contributed by atoms with Crippen molar-refractivity contribution in [2.75, 3.05) is 26.2 Å². The molecule has 2 saturated heterocycles. The maximum Gasteiger partial charge on any atom is 0.257 e. The lowest BCUT2D eigenvalue weighted by atomic mass is 9.90. The summed E-state index contributed by atoms with van der Waals surface area (Å²) in [7, 11) is 0. The molecule has 0 saturated carbocycles. The van der Waals surface area contributed by atoms with Gasteiger partial charge >= 0.3 is 0 Å². The molecule has 0 radical (unpaired) electrons. The molecule has 2 amide bonds. The summed E-state index contributed by atoms with van der Waals surface area (Å²) >= 11 is 0. The highest BCUT2D eigenvalue weighted by atomic mass is 19.1. The van der Waals surface area contributed by atoms with Gasteiger partial charge in [-0.2, -0.15) is 5.10 Å². The quantitative estimate of drug-likeness (QED) is 0.812. The molecule has 2 aliphatic rings. The molecule has 1 N–H and O–H groups in total. The molecule has 2 aromatic rings. The van der Waals surface area contributed by atoms with Gasteiger partial charge < -0.3 is 14.5 Å². The molecule has 1 aromatic heterocycles. The Morgan fingerprint density at radius 1 is 1.10 bits per heavy atom. The van der Waals surface area contributed by atoms with Crippen molar-refractivity contribution in [3.8, 4) is 0 Å². The molecule has 8 heteroatoms.